The predicted octanol–water partition coefficient (Wildman–Crippen LogP) is 2.67. The maximum Gasteiger partial charge on any atom is 0.233 e. The van der Waals surface area contributed by atoms with Gasteiger partial charge in [0.1, 0.15) is 10.6 Å². The molecule has 2 atom stereocenters. The van der Waals surface area contributed by atoms with E-state index >= 15 is 0 Å². The van der Waals surface area contributed by atoms with Crippen LogP contribution in [0.3, 0.4) is 0 Å². The average Bonchev–Trinajstić information content (AvgIpc) is 2.87. The van der Waals surface area contributed by atoms with Gasteiger partial charge in [-0.05, 0) is 31.7 Å². The molecule has 2 rings (SSSR count). The fourth-order valence-electron chi connectivity index (χ4n) is 1.58. The second-order valence-electron chi connectivity index (χ2n) is 4.61. The van der Waals surface area contributed by atoms with Crippen LogP contribution in [-0.4, -0.2) is 27.2 Å². The van der Waals surface area contributed by atoms with E-state index in [2.05, 4.69) is 15.3 Å². The number of thioether (sulfide) groups is 1. The van der Waals surface area contributed by atoms with Crippen LogP contribution in [0.5, 0.6) is 0 Å². The number of nitrogens with one attached hydrogen (secondary N) is 1. The minimum absolute atomic E-state index is 0.00204. The zero-order valence-electron chi connectivity index (χ0n) is 11.7. The molecule has 3 N–H and O–H groups in total. The third kappa shape index (κ3) is 3.40. The normalized spacial score (nSPS) is 14.2. The van der Waals surface area contributed by atoms with Crippen LogP contribution in [0.1, 0.15) is 27.2 Å². The Morgan fingerprint density at radius 1 is 1.50 bits per heavy atom. The van der Waals surface area contributed by atoms with Crippen molar-refractivity contribution < 1.29 is 4.79 Å². The van der Waals surface area contributed by atoms with Gasteiger partial charge in [0.25, 0.3) is 0 Å². The van der Waals surface area contributed by atoms with Gasteiger partial charge >= 0.3 is 0 Å². The second-order valence-corrected chi connectivity index (χ2v) is 6.81. The number of carbonyl (C=O) groups excluding carboxylic acids is 1. The highest BCUT2D eigenvalue weighted by Gasteiger charge is 2.18. The van der Waals surface area contributed by atoms with Crippen LogP contribution in [0.4, 0.5) is 5.82 Å². The summed E-state index contributed by atoms with van der Waals surface area (Å²) in [6.45, 7) is 5.87. The number of aromatic nitrogens is 2. The van der Waals surface area contributed by atoms with Gasteiger partial charge in [0.2, 0.25) is 5.91 Å². The molecule has 5 nitrogen and oxygen atoms in total. The Morgan fingerprint density at radius 3 is 2.95 bits per heavy atom. The minimum atomic E-state index is -0.249. The Kier molecular flexibility index (Phi) is 4.82. The number of amides is 1. The van der Waals surface area contributed by atoms with E-state index in [0.29, 0.717) is 11.0 Å². The van der Waals surface area contributed by atoms with Crippen LogP contribution >= 0.6 is 23.1 Å². The highest BCUT2D eigenvalue weighted by atomic mass is 32.2. The van der Waals surface area contributed by atoms with Crippen molar-refractivity contribution in [1.29, 1.82) is 0 Å². The van der Waals surface area contributed by atoms with E-state index < -0.39 is 0 Å². The maximum absolute atomic E-state index is 12.0. The summed E-state index contributed by atoms with van der Waals surface area (Å²) in [6.07, 6.45) is 0.910. The molecule has 20 heavy (non-hydrogen) atoms. The van der Waals surface area contributed by atoms with Crippen LogP contribution in [0.25, 0.3) is 10.2 Å². The molecule has 2 heterocycles. The van der Waals surface area contributed by atoms with E-state index in [-0.39, 0.29) is 17.2 Å². The van der Waals surface area contributed by atoms with Crippen molar-refractivity contribution in [3.05, 3.63) is 11.4 Å². The third-order valence-electron chi connectivity index (χ3n) is 2.99. The topological polar surface area (TPSA) is 80.9 Å². The van der Waals surface area contributed by atoms with Gasteiger partial charge in [-0.2, -0.15) is 0 Å². The number of nitrogens with zero attached hydrogens (tertiary/aromatic N) is 2. The molecule has 0 saturated carbocycles. The molecule has 1 amide bonds. The highest BCUT2D eigenvalue weighted by Crippen LogP contribution is 2.28. The molecular formula is C13H18N4OS2. The van der Waals surface area contributed by atoms with Crippen LogP contribution < -0.4 is 11.1 Å². The number of thiophene rings is 1. The smallest absolute Gasteiger partial charge is 0.233 e. The van der Waals surface area contributed by atoms with Gasteiger partial charge in [-0.1, -0.05) is 18.7 Å². The molecule has 0 spiro atoms. The van der Waals surface area contributed by atoms with Crippen LogP contribution in [0, 0.1) is 0 Å². The van der Waals surface area contributed by atoms with Gasteiger partial charge in [0.15, 0.2) is 5.16 Å². The molecule has 2 unspecified atom stereocenters. The molecule has 108 valence electrons. The lowest BCUT2D eigenvalue weighted by molar-refractivity contribution is -0.120. The summed E-state index contributed by atoms with van der Waals surface area (Å²) in [5.41, 5.74) is 5.90. The van der Waals surface area contributed by atoms with Gasteiger partial charge < -0.3 is 11.1 Å². The second kappa shape index (κ2) is 6.41. The van der Waals surface area contributed by atoms with Crippen molar-refractivity contribution in [2.75, 3.05) is 5.73 Å². The van der Waals surface area contributed by atoms with E-state index in [1.54, 1.807) is 0 Å². The van der Waals surface area contributed by atoms with Crippen molar-refractivity contribution in [2.45, 2.75) is 43.6 Å². The number of carbonyl (C=O) groups is 1. The summed E-state index contributed by atoms with van der Waals surface area (Å²) >= 11 is 2.85. The van der Waals surface area contributed by atoms with Gasteiger partial charge in [-0.25, -0.2) is 9.97 Å². The number of hydrogen-bond donors (Lipinski definition) is 2. The van der Waals surface area contributed by atoms with Gasteiger partial charge in [-0.15, -0.1) is 11.3 Å². The largest absolute Gasteiger partial charge is 0.383 e. The first-order chi connectivity index (χ1) is 9.51. The van der Waals surface area contributed by atoms with Gasteiger partial charge in [-0.3, -0.25) is 4.79 Å². The predicted molar refractivity (Wildman–Crippen MR) is 85.0 cm³/mol. The zero-order chi connectivity index (χ0) is 14.7. The maximum atomic E-state index is 12.0. The average molecular weight is 310 g/mol. The van der Waals surface area contributed by atoms with E-state index in [1.165, 1.54) is 23.1 Å². The summed E-state index contributed by atoms with van der Waals surface area (Å²) in [5, 5.41) is 6.05. The quantitative estimate of drug-likeness (QED) is 0.655. The molecule has 0 bridgehead atoms. The van der Waals surface area contributed by atoms with Crippen molar-refractivity contribution in [2.24, 2.45) is 0 Å². The fraction of sp³-hybridized carbons (Fsp3) is 0.462. The van der Waals surface area contributed by atoms with Crippen molar-refractivity contribution in [1.82, 2.24) is 15.3 Å². The first-order valence-corrected chi connectivity index (χ1v) is 8.25. The first kappa shape index (κ1) is 15.1. The van der Waals surface area contributed by atoms with E-state index in [9.17, 15) is 4.79 Å². The van der Waals surface area contributed by atoms with Crippen LogP contribution in [0.2, 0.25) is 0 Å². The standard InChI is InChI=1S/C13H18N4OS2/c1-4-7(2)15-11(18)8(3)20-13-16-10(14)9-5-6-19-12(9)17-13/h5-8H,4H2,1-3H3,(H,15,18)(H2,14,16,17). The number of rotatable bonds is 5. The number of fused-ring (bicyclic) bond motifs is 1. The first-order valence-electron chi connectivity index (χ1n) is 6.49. The summed E-state index contributed by atoms with van der Waals surface area (Å²) in [5.74, 6) is 0.464. The Balaban J connectivity index is 2.09. The number of anilines is 1. The SMILES string of the molecule is CCC(C)NC(=O)C(C)Sc1nc(N)c2ccsc2n1. The summed E-state index contributed by atoms with van der Waals surface area (Å²) in [4.78, 5) is 21.5. The Hall–Kier alpha value is -1.34. The minimum Gasteiger partial charge on any atom is -0.383 e. The van der Waals surface area contributed by atoms with E-state index in [0.717, 1.165) is 16.6 Å². The lowest BCUT2D eigenvalue weighted by atomic mass is 10.2. The molecule has 0 aliphatic carbocycles. The van der Waals surface area contributed by atoms with Gasteiger partial charge in [0, 0.05) is 6.04 Å². The lowest BCUT2D eigenvalue weighted by Gasteiger charge is -2.15. The third-order valence-corrected chi connectivity index (χ3v) is 4.75. The molecular weight excluding hydrogens is 292 g/mol. The molecule has 0 radical (unpaired) electrons. The van der Waals surface area contributed by atoms with Crippen molar-refractivity contribution >= 4 is 45.0 Å². The lowest BCUT2D eigenvalue weighted by Crippen LogP contribution is -2.37. The summed E-state index contributed by atoms with van der Waals surface area (Å²) in [6, 6.07) is 2.08. The zero-order valence-corrected chi connectivity index (χ0v) is 13.3. The van der Waals surface area contributed by atoms with E-state index in [4.69, 9.17) is 5.73 Å². The molecule has 0 aromatic carbocycles. The highest BCUT2D eigenvalue weighted by molar-refractivity contribution is 8.00. The number of nitrogen functional groups attached to an aromatic ring is 1. The Labute approximate surface area is 126 Å². The molecule has 2 aromatic heterocycles. The summed E-state index contributed by atoms with van der Waals surface area (Å²) < 4.78 is 0. The number of nitrogens with two attached hydrogens (primary N) is 1. The molecule has 0 saturated heterocycles. The van der Waals surface area contributed by atoms with E-state index in [1.807, 2.05) is 32.2 Å². The van der Waals surface area contributed by atoms with Crippen LogP contribution in [-0.2, 0) is 4.79 Å². The fourth-order valence-corrected chi connectivity index (χ4v) is 3.20. The summed E-state index contributed by atoms with van der Waals surface area (Å²) in [7, 11) is 0. The van der Waals surface area contributed by atoms with Gasteiger partial charge in [0.05, 0.1) is 10.6 Å². The monoisotopic (exact) mass is 310 g/mol. The molecule has 7 heteroatoms. The number of hydrogen-bond acceptors (Lipinski definition) is 6. The molecule has 0 aliphatic rings. The van der Waals surface area contributed by atoms with Crippen molar-refractivity contribution in [3.63, 3.8) is 0 Å². The Morgan fingerprint density at radius 2 is 2.25 bits per heavy atom. The molecule has 0 fully saturated rings. The Bertz CT molecular complexity index is 613. The van der Waals surface area contributed by atoms with Crippen molar-refractivity contribution in [3.8, 4) is 0 Å². The van der Waals surface area contributed by atoms with Crippen LogP contribution in [0.15, 0.2) is 16.6 Å². The molecule has 0 aliphatic heterocycles. The molecule has 2 aromatic rings.